The first-order valence-electron chi connectivity index (χ1n) is 24.1. The lowest BCUT2D eigenvalue weighted by molar-refractivity contribution is 0.332. The van der Waals surface area contributed by atoms with Gasteiger partial charge in [0, 0.05) is 65.7 Å². The van der Waals surface area contributed by atoms with Gasteiger partial charge in [-0.2, -0.15) is 0 Å². The van der Waals surface area contributed by atoms with Crippen LogP contribution in [0.3, 0.4) is 0 Å². The predicted molar refractivity (Wildman–Crippen MR) is 280 cm³/mol. The summed E-state index contributed by atoms with van der Waals surface area (Å²) in [4.78, 5) is 2.64. The minimum atomic E-state index is -0.178. The molecule has 0 bridgehead atoms. The molecule has 6 heteroatoms. The van der Waals surface area contributed by atoms with Crippen molar-refractivity contribution in [2.45, 2.75) is 84.5 Å². The fourth-order valence-electron chi connectivity index (χ4n) is 12.9. The molecule has 4 aromatic heterocycles. The molecule has 0 N–H and O–H groups in total. The van der Waals surface area contributed by atoms with Crippen LogP contribution in [-0.2, 0) is 16.2 Å². The molecule has 6 heterocycles. The van der Waals surface area contributed by atoms with Crippen LogP contribution in [0.4, 0.5) is 11.4 Å². The second kappa shape index (κ2) is 12.2. The van der Waals surface area contributed by atoms with E-state index in [-0.39, 0.29) is 23.1 Å². The van der Waals surface area contributed by atoms with Gasteiger partial charge in [0.05, 0.1) is 11.0 Å². The quantitative estimate of drug-likeness (QED) is 0.154. The zero-order chi connectivity index (χ0) is 45.2. The Labute approximate surface area is 388 Å². The van der Waals surface area contributed by atoms with Crippen LogP contribution in [-0.4, -0.2) is 11.4 Å². The third-order valence-corrected chi connectivity index (χ3v) is 16.5. The summed E-state index contributed by atoms with van der Waals surface area (Å²) in [6.45, 7) is 18.6. The number of anilines is 2. The number of para-hydroxylation sites is 2. The maximum atomic E-state index is 7.04. The topological polar surface area (TPSA) is 47.6 Å². The lowest BCUT2D eigenvalue weighted by atomic mass is 9.44. The number of fused-ring (bicyclic) bond motifs is 18. The average molecular weight is 869 g/mol. The summed E-state index contributed by atoms with van der Waals surface area (Å²) in [5.74, 6) is 0. The number of hydrogen-bond donors (Lipinski definition) is 0. The molecule has 15 rings (SSSR count). The van der Waals surface area contributed by atoms with Gasteiger partial charge in [0.2, 0.25) is 0 Å². The van der Waals surface area contributed by atoms with Crippen LogP contribution in [0.25, 0.3) is 104 Å². The van der Waals surface area contributed by atoms with Crippen molar-refractivity contribution in [2.24, 2.45) is 0 Å². The van der Waals surface area contributed by atoms with Crippen LogP contribution in [0.15, 0.2) is 141 Å². The largest absolute Gasteiger partial charge is 0.456 e. The normalized spacial score (nSPS) is 16.1. The molecule has 0 saturated heterocycles. The van der Waals surface area contributed by atoms with Crippen molar-refractivity contribution in [1.29, 1.82) is 0 Å². The number of furan rings is 3. The van der Waals surface area contributed by atoms with Gasteiger partial charge in [-0.1, -0.05) is 103 Å². The lowest BCUT2D eigenvalue weighted by Crippen LogP contribution is -2.60. The molecule has 0 saturated carbocycles. The van der Waals surface area contributed by atoms with Gasteiger partial charge in [0.15, 0.2) is 0 Å². The number of aryl methyl sites for hydroxylation is 1. The SMILES string of the molecule is Cc1cc2c3c4c1c1cc5oc6ccccc6c5cc1n4-c1cc4c(cc1B3N(c1ccc(C(C)(C)C)cc1)c1cc3c(cc1-2)oc1cc2c(cc13)C(C)(C)CCC2(C)C)oc1ccccc14. The van der Waals surface area contributed by atoms with Crippen molar-refractivity contribution in [3.8, 4) is 16.8 Å². The Morgan fingerprint density at radius 3 is 1.79 bits per heavy atom. The van der Waals surface area contributed by atoms with Gasteiger partial charge in [0.25, 0.3) is 0 Å². The van der Waals surface area contributed by atoms with E-state index in [0.29, 0.717) is 0 Å². The molecule has 0 atom stereocenters. The summed E-state index contributed by atoms with van der Waals surface area (Å²) in [5.41, 5.74) is 21.9. The highest BCUT2D eigenvalue weighted by Gasteiger charge is 2.46. The first-order valence-corrected chi connectivity index (χ1v) is 24.1. The first kappa shape index (κ1) is 38.0. The van der Waals surface area contributed by atoms with E-state index in [9.17, 15) is 0 Å². The maximum Gasteiger partial charge on any atom is 0.333 e. The highest BCUT2D eigenvalue weighted by Crippen LogP contribution is 2.52. The molecule has 8 aromatic carbocycles. The molecule has 0 spiro atoms. The van der Waals surface area contributed by atoms with Gasteiger partial charge < -0.3 is 22.6 Å². The minimum Gasteiger partial charge on any atom is -0.456 e. The molecule has 0 unspecified atom stereocenters. The molecule has 67 heavy (non-hydrogen) atoms. The second-order valence-electron chi connectivity index (χ2n) is 22.4. The van der Waals surface area contributed by atoms with Crippen LogP contribution in [0, 0.1) is 6.92 Å². The Morgan fingerprint density at radius 1 is 0.522 bits per heavy atom. The Morgan fingerprint density at radius 2 is 1.09 bits per heavy atom. The van der Waals surface area contributed by atoms with E-state index < -0.39 is 0 Å². The fourth-order valence-corrected chi connectivity index (χ4v) is 12.9. The minimum absolute atomic E-state index is 0.00770. The number of aromatic nitrogens is 1. The molecule has 0 fully saturated rings. The van der Waals surface area contributed by atoms with Crippen LogP contribution in [0.2, 0.25) is 0 Å². The van der Waals surface area contributed by atoms with E-state index in [0.717, 1.165) is 79.0 Å². The number of rotatable bonds is 1. The molecule has 2 aliphatic heterocycles. The summed E-state index contributed by atoms with van der Waals surface area (Å²) in [5, 5.41) is 9.29. The standard InChI is InChI=1S/C61H49BN2O3/c1-32-23-42-37-28-52-41(38-24-44-45(30-54(38)67-52)61(7,8)22-21-60(44,5)6)26-48(37)64(34-19-17-33(18-20-34)59(2,3)4)62-46-31-55-40(36-14-10-12-16-51(36)66-55)27-49(46)63-47-25-39-35-13-9-11-15-50(35)65-53(39)29-43(47)56(32)58(63)57(42)62/h9-20,23-31H,21-22H2,1-8H3. The van der Waals surface area contributed by atoms with Crippen molar-refractivity contribution in [3.05, 3.63) is 150 Å². The number of nitrogens with zero attached hydrogens (tertiary/aromatic N) is 2. The zero-order valence-corrected chi connectivity index (χ0v) is 39.2. The van der Waals surface area contributed by atoms with Crippen LogP contribution >= 0.6 is 0 Å². The summed E-state index contributed by atoms with van der Waals surface area (Å²) >= 11 is 0. The molecule has 5 nitrogen and oxygen atoms in total. The number of benzene rings is 8. The molecule has 12 aromatic rings. The summed E-state index contributed by atoms with van der Waals surface area (Å²) in [6, 6.07) is 47.8. The van der Waals surface area contributed by atoms with Gasteiger partial charge in [-0.3, -0.25) is 0 Å². The lowest BCUT2D eigenvalue weighted by Gasteiger charge is -2.42. The third-order valence-electron chi connectivity index (χ3n) is 16.5. The van der Waals surface area contributed by atoms with E-state index >= 15 is 0 Å². The summed E-state index contributed by atoms with van der Waals surface area (Å²) < 4.78 is 23.0. The molecular weight excluding hydrogens is 819 g/mol. The molecule has 0 radical (unpaired) electrons. The van der Waals surface area contributed by atoms with Gasteiger partial charge >= 0.3 is 6.85 Å². The Hall–Kier alpha value is -7.18. The summed E-state index contributed by atoms with van der Waals surface area (Å²) in [6.07, 6.45) is 2.31. The smallest absolute Gasteiger partial charge is 0.333 e. The fraction of sp³-hybridized carbons (Fsp3) is 0.213. The van der Waals surface area contributed by atoms with E-state index in [1.807, 2.05) is 0 Å². The molecule has 0 amide bonds. The van der Waals surface area contributed by atoms with Crippen LogP contribution < -0.4 is 15.7 Å². The highest BCUT2D eigenvalue weighted by molar-refractivity contribution is 6.94. The van der Waals surface area contributed by atoms with E-state index in [1.54, 1.807) is 0 Å². The highest BCUT2D eigenvalue weighted by atomic mass is 16.3. The first-order chi connectivity index (χ1) is 32.2. The second-order valence-corrected chi connectivity index (χ2v) is 22.4. The number of hydrogen-bond acceptors (Lipinski definition) is 4. The monoisotopic (exact) mass is 868 g/mol. The molecule has 1 aliphatic carbocycles. The Bertz CT molecular complexity index is 4220. The third kappa shape index (κ3) is 4.85. The van der Waals surface area contributed by atoms with Crippen molar-refractivity contribution in [2.75, 3.05) is 4.81 Å². The molecule has 324 valence electrons. The van der Waals surface area contributed by atoms with Crippen molar-refractivity contribution >= 4 is 117 Å². The van der Waals surface area contributed by atoms with Gasteiger partial charge in [-0.25, -0.2) is 0 Å². The van der Waals surface area contributed by atoms with E-state index in [4.69, 9.17) is 13.3 Å². The van der Waals surface area contributed by atoms with Crippen molar-refractivity contribution < 1.29 is 13.3 Å². The molecular formula is C61H49BN2O3. The van der Waals surface area contributed by atoms with Gasteiger partial charge in [-0.05, 0) is 148 Å². The van der Waals surface area contributed by atoms with E-state index in [2.05, 4.69) is 192 Å². The van der Waals surface area contributed by atoms with Crippen LogP contribution in [0.1, 0.15) is 83.6 Å². The van der Waals surface area contributed by atoms with Gasteiger partial charge in [-0.15, -0.1) is 0 Å². The van der Waals surface area contributed by atoms with E-state index in [1.165, 1.54) is 82.9 Å². The van der Waals surface area contributed by atoms with Gasteiger partial charge in [0.1, 0.15) is 33.5 Å². The summed E-state index contributed by atoms with van der Waals surface area (Å²) in [7, 11) is 0. The van der Waals surface area contributed by atoms with Crippen LogP contribution in [0.5, 0.6) is 0 Å². The maximum absolute atomic E-state index is 7.04. The average Bonchev–Trinajstić information content (AvgIpc) is 4.06. The van der Waals surface area contributed by atoms with Crippen molar-refractivity contribution in [3.63, 3.8) is 0 Å². The Balaban J connectivity index is 1.11. The Kier molecular flexibility index (Phi) is 6.93. The zero-order valence-electron chi connectivity index (χ0n) is 39.2. The predicted octanol–water partition coefficient (Wildman–Crippen LogP) is 15.7. The molecule has 3 aliphatic rings. The van der Waals surface area contributed by atoms with Crippen molar-refractivity contribution in [1.82, 2.24) is 4.57 Å².